The highest BCUT2D eigenvalue weighted by molar-refractivity contribution is 6.09. The summed E-state index contributed by atoms with van der Waals surface area (Å²) in [7, 11) is 0. The highest BCUT2D eigenvalue weighted by atomic mass is 16.2. The van der Waals surface area contributed by atoms with Crippen molar-refractivity contribution in [3.8, 4) is 0 Å². The standard InChI is InChI=1S/C25H25N3O4/c29-22(15-28-24(31)19-6-2-3-7-20(19)25(28)32)26-18-11-9-17(10-12-18)23(30)27-14-13-16-5-1-4-8-21(16)27/h1,4-5,8-12,19-20H,2-3,6-7,13-15H2,(H,26,29). The van der Waals surface area contributed by atoms with Gasteiger partial charge >= 0.3 is 0 Å². The quantitative estimate of drug-likeness (QED) is 0.754. The molecule has 1 N–H and O–H groups in total. The average molecular weight is 431 g/mol. The smallest absolute Gasteiger partial charge is 0.258 e. The number of carbonyl (C=O) groups is 4. The fourth-order valence-electron chi connectivity index (χ4n) is 5.13. The molecule has 4 amide bonds. The van der Waals surface area contributed by atoms with Gasteiger partial charge < -0.3 is 10.2 Å². The highest BCUT2D eigenvalue weighted by Crippen LogP contribution is 2.38. The number of fused-ring (bicyclic) bond motifs is 2. The molecule has 2 fully saturated rings. The van der Waals surface area contributed by atoms with E-state index in [9.17, 15) is 19.2 Å². The van der Waals surface area contributed by atoms with Gasteiger partial charge in [0.25, 0.3) is 5.91 Å². The molecule has 5 rings (SSSR count). The number of para-hydroxylation sites is 1. The largest absolute Gasteiger partial charge is 0.325 e. The molecule has 0 spiro atoms. The van der Waals surface area contributed by atoms with E-state index in [4.69, 9.17) is 0 Å². The minimum Gasteiger partial charge on any atom is -0.325 e. The molecule has 164 valence electrons. The van der Waals surface area contributed by atoms with Gasteiger partial charge in [-0.3, -0.25) is 24.1 Å². The van der Waals surface area contributed by atoms with E-state index >= 15 is 0 Å². The topological polar surface area (TPSA) is 86.8 Å². The first kappa shape index (κ1) is 20.4. The first-order chi connectivity index (χ1) is 15.5. The van der Waals surface area contributed by atoms with E-state index < -0.39 is 5.91 Å². The Morgan fingerprint density at radius 3 is 2.25 bits per heavy atom. The number of hydrogen-bond acceptors (Lipinski definition) is 4. The van der Waals surface area contributed by atoms with Crippen LogP contribution in [0.4, 0.5) is 11.4 Å². The third kappa shape index (κ3) is 3.57. The first-order valence-electron chi connectivity index (χ1n) is 11.2. The van der Waals surface area contributed by atoms with Crippen LogP contribution in [0, 0.1) is 11.8 Å². The van der Waals surface area contributed by atoms with Crippen molar-refractivity contribution in [1.29, 1.82) is 0 Å². The lowest BCUT2D eigenvalue weighted by molar-refractivity contribution is -0.142. The van der Waals surface area contributed by atoms with E-state index in [1.807, 2.05) is 24.3 Å². The van der Waals surface area contributed by atoms with Crippen LogP contribution in [-0.2, 0) is 20.8 Å². The van der Waals surface area contributed by atoms with Crippen molar-refractivity contribution >= 4 is 35.0 Å². The molecule has 2 aromatic carbocycles. The summed E-state index contributed by atoms with van der Waals surface area (Å²) in [6.07, 6.45) is 4.20. The van der Waals surface area contributed by atoms with Gasteiger partial charge in [-0.15, -0.1) is 0 Å². The molecule has 7 heteroatoms. The first-order valence-corrected chi connectivity index (χ1v) is 11.2. The molecule has 0 aromatic heterocycles. The minimum absolute atomic E-state index is 0.0799. The number of amides is 4. The van der Waals surface area contributed by atoms with Crippen LogP contribution in [0.3, 0.4) is 0 Å². The van der Waals surface area contributed by atoms with Gasteiger partial charge in [-0.05, 0) is 55.2 Å². The fourth-order valence-corrected chi connectivity index (χ4v) is 5.13. The monoisotopic (exact) mass is 431 g/mol. The van der Waals surface area contributed by atoms with Crippen LogP contribution >= 0.6 is 0 Å². The van der Waals surface area contributed by atoms with E-state index in [1.54, 1.807) is 29.2 Å². The number of imide groups is 1. The summed E-state index contributed by atoms with van der Waals surface area (Å²) in [5.41, 5.74) is 3.16. The minimum atomic E-state index is -0.419. The van der Waals surface area contributed by atoms with Crippen molar-refractivity contribution in [2.24, 2.45) is 11.8 Å². The summed E-state index contributed by atoms with van der Waals surface area (Å²) < 4.78 is 0. The molecule has 2 atom stereocenters. The van der Waals surface area contributed by atoms with Crippen LogP contribution in [0.1, 0.15) is 41.6 Å². The molecule has 0 radical (unpaired) electrons. The summed E-state index contributed by atoms with van der Waals surface area (Å²) in [5.74, 6) is -1.46. The second-order valence-electron chi connectivity index (χ2n) is 8.72. The predicted molar refractivity (Wildman–Crippen MR) is 119 cm³/mol. The maximum atomic E-state index is 12.9. The van der Waals surface area contributed by atoms with Crippen molar-refractivity contribution < 1.29 is 19.2 Å². The van der Waals surface area contributed by atoms with Gasteiger partial charge in [0.15, 0.2) is 0 Å². The lowest BCUT2D eigenvalue weighted by Gasteiger charge is -2.19. The summed E-state index contributed by atoms with van der Waals surface area (Å²) >= 11 is 0. The number of hydrogen-bond donors (Lipinski definition) is 1. The van der Waals surface area contributed by atoms with Crippen LogP contribution in [-0.4, -0.2) is 41.6 Å². The second kappa shape index (κ2) is 8.22. The highest BCUT2D eigenvalue weighted by Gasteiger charge is 2.48. The molecule has 2 aromatic rings. The lowest BCUT2D eigenvalue weighted by Crippen LogP contribution is -2.38. The molecular weight excluding hydrogens is 406 g/mol. The van der Waals surface area contributed by atoms with E-state index in [0.717, 1.165) is 48.3 Å². The molecule has 2 heterocycles. The van der Waals surface area contributed by atoms with Gasteiger partial charge in [-0.1, -0.05) is 31.0 Å². The van der Waals surface area contributed by atoms with E-state index in [2.05, 4.69) is 5.32 Å². The molecule has 7 nitrogen and oxygen atoms in total. The van der Waals surface area contributed by atoms with Crippen molar-refractivity contribution in [2.45, 2.75) is 32.1 Å². The normalized spacial score (nSPS) is 22.0. The van der Waals surface area contributed by atoms with Crippen molar-refractivity contribution in [3.05, 3.63) is 59.7 Å². The second-order valence-corrected chi connectivity index (χ2v) is 8.72. The SMILES string of the molecule is O=C(CN1C(=O)C2CCCCC2C1=O)Nc1ccc(C(=O)N2CCc3ccccc32)cc1. The van der Waals surface area contributed by atoms with Crippen molar-refractivity contribution in [2.75, 3.05) is 23.3 Å². The maximum absolute atomic E-state index is 12.9. The van der Waals surface area contributed by atoms with Crippen molar-refractivity contribution in [3.63, 3.8) is 0 Å². The van der Waals surface area contributed by atoms with Gasteiger partial charge in [0.1, 0.15) is 6.54 Å². The molecule has 1 saturated heterocycles. The van der Waals surface area contributed by atoms with E-state index in [0.29, 0.717) is 17.8 Å². The Balaban J connectivity index is 1.22. The van der Waals surface area contributed by atoms with Gasteiger partial charge in [-0.25, -0.2) is 0 Å². The molecular formula is C25H25N3O4. The van der Waals surface area contributed by atoms with Gasteiger partial charge in [0.2, 0.25) is 17.7 Å². The van der Waals surface area contributed by atoms with Crippen LogP contribution in [0.5, 0.6) is 0 Å². The lowest BCUT2D eigenvalue weighted by atomic mass is 9.81. The van der Waals surface area contributed by atoms with Crippen LogP contribution in [0.2, 0.25) is 0 Å². The number of nitrogens with zero attached hydrogens (tertiary/aromatic N) is 2. The number of nitrogens with one attached hydrogen (secondary N) is 1. The summed E-state index contributed by atoms with van der Waals surface area (Å²) in [5, 5.41) is 2.73. The molecule has 2 aliphatic heterocycles. The van der Waals surface area contributed by atoms with Crippen molar-refractivity contribution in [1.82, 2.24) is 4.90 Å². The Hall–Kier alpha value is -3.48. The Labute approximate surface area is 186 Å². The molecule has 2 unspecified atom stereocenters. The number of rotatable bonds is 4. The third-order valence-electron chi connectivity index (χ3n) is 6.78. The third-order valence-corrected chi connectivity index (χ3v) is 6.78. The van der Waals surface area contributed by atoms with Crippen LogP contribution < -0.4 is 10.2 Å². The molecule has 1 aliphatic carbocycles. The Kier molecular flexibility index (Phi) is 5.25. The van der Waals surface area contributed by atoms with Crippen LogP contribution in [0.15, 0.2) is 48.5 Å². The Bertz CT molecular complexity index is 1070. The average Bonchev–Trinajstić information content (AvgIpc) is 3.35. The summed E-state index contributed by atoms with van der Waals surface area (Å²) in [4.78, 5) is 53.4. The zero-order valence-corrected chi connectivity index (χ0v) is 17.8. The maximum Gasteiger partial charge on any atom is 0.258 e. The summed E-state index contributed by atoms with van der Waals surface area (Å²) in [6, 6.07) is 14.6. The Morgan fingerprint density at radius 1 is 0.906 bits per heavy atom. The van der Waals surface area contributed by atoms with E-state index in [1.165, 1.54) is 0 Å². The zero-order chi connectivity index (χ0) is 22.2. The number of benzene rings is 2. The van der Waals surface area contributed by atoms with Gasteiger partial charge in [0.05, 0.1) is 11.8 Å². The molecule has 32 heavy (non-hydrogen) atoms. The zero-order valence-electron chi connectivity index (χ0n) is 17.8. The number of anilines is 2. The van der Waals surface area contributed by atoms with E-state index in [-0.39, 0.29) is 36.1 Å². The fraction of sp³-hybridized carbons (Fsp3) is 0.360. The van der Waals surface area contributed by atoms with Gasteiger partial charge in [-0.2, -0.15) is 0 Å². The number of likely N-dealkylation sites (tertiary alicyclic amines) is 1. The molecule has 1 saturated carbocycles. The predicted octanol–water partition coefficient (Wildman–Crippen LogP) is 3.00. The van der Waals surface area contributed by atoms with Crippen LogP contribution in [0.25, 0.3) is 0 Å². The number of carbonyl (C=O) groups excluding carboxylic acids is 4. The molecule has 0 bridgehead atoms. The molecule has 3 aliphatic rings. The van der Waals surface area contributed by atoms with Gasteiger partial charge in [0, 0.05) is 23.5 Å². The summed E-state index contributed by atoms with van der Waals surface area (Å²) in [6.45, 7) is 0.381. The Morgan fingerprint density at radius 2 is 1.56 bits per heavy atom.